The molecule has 0 atom stereocenters. The largest absolute Gasteiger partial charge is 0.352 e. The number of aromatic nitrogens is 3. The first-order valence-electron chi connectivity index (χ1n) is 9.98. The van der Waals surface area contributed by atoms with Gasteiger partial charge in [0, 0.05) is 43.7 Å². The number of hydrogen-bond acceptors (Lipinski definition) is 4. The summed E-state index contributed by atoms with van der Waals surface area (Å²) in [5.41, 5.74) is 2.45. The third kappa shape index (κ3) is 3.68. The van der Waals surface area contributed by atoms with Gasteiger partial charge in [0.1, 0.15) is 0 Å². The molecule has 1 aliphatic carbocycles. The molecule has 2 amide bonds. The third-order valence-electron chi connectivity index (χ3n) is 5.38. The average Bonchev–Trinajstić information content (AvgIpc) is 3.28. The average molecular weight is 369 g/mol. The van der Waals surface area contributed by atoms with Crippen LogP contribution in [-0.4, -0.2) is 51.1 Å². The highest BCUT2D eigenvalue weighted by molar-refractivity contribution is 6.05. The van der Waals surface area contributed by atoms with E-state index in [-0.39, 0.29) is 17.9 Å². The van der Waals surface area contributed by atoms with Gasteiger partial charge < -0.3 is 10.2 Å². The Morgan fingerprint density at radius 2 is 2.19 bits per heavy atom. The highest BCUT2D eigenvalue weighted by atomic mass is 16.2. The van der Waals surface area contributed by atoms with Crippen molar-refractivity contribution in [2.24, 2.45) is 0 Å². The molecule has 0 spiro atoms. The van der Waals surface area contributed by atoms with Gasteiger partial charge in [0.05, 0.1) is 17.1 Å². The van der Waals surface area contributed by atoms with Crippen molar-refractivity contribution in [3.8, 4) is 0 Å². The summed E-state index contributed by atoms with van der Waals surface area (Å²) >= 11 is 0. The molecule has 0 aromatic carbocycles. The van der Waals surface area contributed by atoms with E-state index in [2.05, 4.69) is 24.3 Å². The van der Waals surface area contributed by atoms with Crippen LogP contribution in [0.5, 0.6) is 0 Å². The molecule has 0 radical (unpaired) electrons. The molecule has 2 aliphatic rings. The zero-order valence-electron chi connectivity index (χ0n) is 16.1. The predicted molar refractivity (Wildman–Crippen MR) is 103 cm³/mol. The number of amides is 2. The van der Waals surface area contributed by atoms with Crippen LogP contribution in [0.1, 0.15) is 74.0 Å². The van der Waals surface area contributed by atoms with Crippen LogP contribution in [0.4, 0.5) is 0 Å². The van der Waals surface area contributed by atoms with E-state index >= 15 is 0 Å². The lowest BCUT2D eigenvalue weighted by atomic mass is 10.1. The van der Waals surface area contributed by atoms with E-state index in [0.717, 1.165) is 49.0 Å². The standard InChI is InChI=1S/C20H27N5O2/c1-13(2)25-19-16(12-22-25)15(11-17(23-19)14-6-7-14)20(27)21-8-4-10-24-9-3-5-18(24)26/h11-14H,3-10H2,1-2H3,(H,21,27). The van der Waals surface area contributed by atoms with Crippen molar-refractivity contribution >= 4 is 22.8 Å². The molecule has 7 heteroatoms. The molecular weight excluding hydrogens is 342 g/mol. The number of nitrogens with one attached hydrogen (secondary N) is 1. The Bertz CT molecular complexity index is 869. The molecule has 3 heterocycles. The number of hydrogen-bond donors (Lipinski definition) is 1. The molecule has 2 fully saturated rings. The van der Waals surface area contributed by atoms with E-state index in [0.29, 0.717) is 31.0 Å². The summed E-state index contributed by atoms with van der Waals surface area (Å²) in [7, 11) is 0. The van der Waals surface area contributed by atoms with Gasteiger partial charge in [-0.05, 0) is 45.6 Å². The van der Waals surface area contributed by atoms with Crippen molar-refractivity contribution in [1.82, 2.24) is 25.0 Å². The minimum Gasteiger partial charge on any atom is -0.352 e. The molecule has 1 aliphatic heterocycles. The van der Waals surface area contributed by atoms with Crippen LogP contribution in [-0.2, 0) is 4.79 Å². The smallest absolute Gasteiger partial charge is 0.252 e. The summed E-state index contributed by atoms with van der Waals surface area (Å²) in [6, 6.07) is 2.13. The number of carbonyl (C=O) groups excluding carboxylic acids is 2. The summed E-state index contributed by atoms with van der Waals surface area (Å²) in [5, 5.41) is 8.26. The minimum absolute atomic E-state index is 0.0830. The van der Waals surface area contributed by atoms with Crippen LogP contribution in [0.3, 0.4) is 0 Å². The summed E-state index contributed by atoms with van der Waals surface area (Å²) in [4.78, 5) is 31.2. The molecule has 2 aromatic rings. The molecule has 1 saturated heterocycles. The molecule has 4 rings (SSSR count). The minimum atomic E-state index is -0.0830. The van der Waals surface area contributed by atoms with Gasteiger partial charge in [-0.25, -0.2) is 9.67 Å². The second kappa shape index (κ2) is 7.29. The van der Waals surface area contributed by atoms with Crippen LogP contribution in [0, 0.1) is 0 Å². The van der Waals surface area contributed by atoms with Gasteiger partial charge in [0.2, 0.25) is 5.91 Å². The fraction of sp³-hybridized carbons (Fsp3) is 0.600. The monoisotopic (exact) mass is 369 g/mol. The lowest BCUT2D eigenvalue weighted by molar-refractivity contribution is -0.127. The van der Waals surface area contributed by atoms with E-state index in [4.69, 9.17) is 4.98 Å². The van der Waals surface area contributed by atoms with E-state index < -0.39 is 0 Å². The van der Waals surface area contributed by atoms with Gasteiger partial charge in [-0.15, -0.1) is 0 Å². The molecule has 1 N–H and O–H groups in total. The molecule has 1 saturated carbocycles. The molecule has 0 unspecified atom stereocenters. The highest BCUT2D eigenvalue weighted by Crippen LogP contribution is 2.40. The van der Waals surface area contributed by atoms with Gasteiger partial charge in [-0.2, -0.15) is 5.10 Å². The first-order chi connectivity index (χ1) is 13.0. The second-order valence-corrected chi connectivity index (χ2v) is 7.88. The lowest BCUT2D eigenvalue weighted by Gasteiger charge is -2.15. The molecule has 7 nitrogen and oxygen atoms in total. The summed E-state index contributed by atoms with van der Waals surface area (Å²) < 4.78 is 1.89. The predicted octanol–water partition coefficient (Wildman–Crippen LogP) is 2.63. The van der Waals surface area contributed by atoms with Gasteiger partial charge in [-0.3, -0.25) is 9.59 Å². The quantitative estimate of drug-likeness (QED) is 0.761. The number of rotatable bonds is 7. The van der Waals surface area contributed by atoms with Crippen LogP contribution >= 0.6 is 0 Å². The van der Waals surface area contributed by atoms with Gasteiger partial charge in [0.25, 0.3) is 5.91 Å². The normalized spacial score (nSPS) is 17.3. The maximum atomic E-state index is 12.8. The second-order valence-electron chi connectivity index (χ2n) is 7.88. The zero-order valence-corrected chi connectivity index (χ0v) is 16.1. The lowest BCUT2D eigenvalue weighted by Crippen LogP contribution is -2.30. The van der Waals surface area contributed by atoms with Crippen LogP contribution in [0.25, 0.3) is 11.0 Å². The van der Waals surface area contributed by atoms with Crippen molar-refractivity contribution < 1.29 is 9.59 Å². The van der Waals surface area contributed by atoms with Gasteiger partial charge in [0.15, 0.2) is 5.65 Å². The third-order valence-corrected chi connectivity index (χ3v) is 5.38. The Kier molecular flexibility index (Phi) is 4.85. The summed E-state index contributed by atoms with van der Waals surface area (Å²) in [6.07, 6.45) is 6.40. The Morgan fingerprint density at radius 1 is 1.37 bits per heavy atom. The van der Waals surface area contributed by atoms with Crippen molar-refractivity contribution in [1.29, 1.82) is 0 Å². The number of carbonyl (C=O) groups is 2. The number of likely N-dealkylation sites (tertiary alicyclic amines) is 1. The summed E-state index contributed by atoms with van der Waals surface area (Å²) in [5.74, 6) is 0.616. The van der Waals surface area contributed by atoms with Crippen molar-refractivity contribution in [2.45, 2.75) is 57.9 Å². The first-order valence-corrected chi connectivity index (χ1v) is 9.98. The van der Waals surface area contributed by atoms with Gasteiger partial charge in [-0.1, -0.05) is 0 Å². The number of pyridine rings is 1. The number of fused-ring (bicyclic) bond motifs is 1. The van der Waals surface area contributed by atoms with E-state index in [1.165, 1.54) is 0 Å². The molecular formula is C20H27N5O2. The zero-order chi connectivity index (χ0) is 19.0. The van der Waals surface area contributed by atoms with Crippen molar-refractivity contribution in [3.63, 3.8) is 0 Å². The fourth-order valence-corrected chi connectivity index (χ4v) is 3.70. The Balaban J connectivity index is 1.48. The topological polar surface area (TPSA) is 80.1 Å². The van der Waals surface area contributed by atoms with Gasteiger partial charge >= 0.3 is 0 Å². The van der Waals surface area contributed by atoms with Crippen LogP contribution in [0.2, 0.25) is 0 Å². The van der Waals surface area contributed by atoms with Crippen molar-refractivity contribution in [2.75, 3.05) is 19.6 Å². The van der Waals surface area contributed by atoms with E-state index in [1.807, 2.05) is 15.6 Å². The van der Waals surface area contributed by atoms with E-state index in [9.17, 15) is 9.59 Å². The van der Waals surface area contributed by atoms with Crippen molar-refractivity contribution in [3.05, 3.63) is 23.5 Å². The maximum Gasteiger partial charge on any atom is 0.252 e. The SMILES string of the molecule is CC(C)n1ncc2c(C(=O)NCCCN3CCCC3=O)cc(C3CC3)nc21. The number of nitrogens with zero attached hydrogens (tertiary/aromatic N) is 4. The van der Waals surface area contributed by atoms with Crippen LogP contribution in [0.15, 0.2) is 12.3 Å². The molecule has 0 bridgehead atoms. The van der Waals surface area contributed by atoms with E-state index in [1.54, 1.807) is 6.20 Å². The fourth-order valence-electron chi connectivity index (χ4n) is 3.70. The molecule has 144 valence electrons. The molecule has 2 aromatic heterocycles. The Hall–Kier alpha value is -2.44. The first kappa shape index (κ1) is 17.9. The summed E-state index contributed by atoms with van der Waals surface area (Å²) in [6.45, 7) is 6.25. The Labute approximate surface area is 159 Å². The Morgan fingerprint density at radius 3 is 2.85 bits per heavy atom. The molecule has 27 heavy (non-hydrogen) atoms. The highest BCUT2D eigenvalue weighted by Gasteiger charge is 2.28. The maximum absolute atomic E-state index is 12.8. The van der Waals surface area contributed by atoms with Crippen LogP contribution < -0.4 is 5.32 Å².